The van der Waals surface area contributed by atoms with E-state index in [1.54, 1.807) is 7.11 Å². The van der Waals surface area contributed by atoms with Gasteiger partial charge in [-0.25, -0.2) is 0 Å². The van der Waals surface area contributed by atoms with Crippen LogP contribution in [0.15, 0.2) is 24.3 Å². The number of hydrogen-bond acceptors (Lipinski definition) is 3. The maximum atomic E-state index is 5.95. The highest BCUT2D eigenvalue weighted by Gasteiger charge is 2.57. The van der Waals surface area contributed by atoms with Gasteiger partial charge < -0.3 is 14.8 Å². The van der Waals surface area contributed by atoms with E-state index in [1.807, 2.05) is 18.2 Å². The number of fused-ring (bicyclic) bond motifs is 1. The molecule has 1 heterocycles. The number of benzene rings is 1. The SMILES string of the molecule is COc1ccccc1NC1C2CCCOC2C1(C)C. The van der Waals surface area contributed by atoms with Gasteiger partial charge in [-0.2, -0.15) is 0 Å². The van der Waals surface area contributed by atoms with Gasteiger partial charge in [-0.1, -0.05) is 26.0 Å². The Morgan fingerprint density at radius 3 is 2.89 bits per heavy atom. The molecule has 19 heavy (non-hydrogen) atoms. The van der Waals surface area contributed by atoms with Gasteiger partial charge in [0.05, 0.1) is 18.9 Å². The second kappa shape index (κ2) is 4.71. The maximum Gasteiger partial charge on any atom is 0.141 e. The van der Waals surface area contributed by atoms with Crippen LogP contribution in [-0.4, -0.2) is 25.9 Å². The topological polar surface area (TPSA) is 30.5 Å². The van der Waals surface area contributed by atoms with Gasteiger partial charge in [-0.05, 0) is 25.0 Å². The van der Waals surface area contributed by atoms with Crippen molar-refractivity contribution < 1.29 is 9.47 Å². The van der Waals surface area contributed by atoms with E-state index in [0.29, 0.717) is 18.1 Å². The largest absolute Gasteiger partial charge is 0.495 e. The van der Waals surface area contributed by atoms with Crippen LogP contribution in [0, 0.1) is 11.3 Å². The summed E-state index contributed by atoms with van der Waals surface area (Å²) in [7, 11) is 1.72. The quantitative estimate of drug-likeness (QED) is 0.905. The third-order valence-corrected chi connectivity index (χ3v) is 4.75. The molecule has 1 aliphatic carbocycles. The maximum absolute atomic E-state index is 5.95. The van der Waals surface area contributed by atoms with E-state index in [2.05, 4.69) is 25.2 Å². The Morgan fingerprint density at radius 1 is 1.32 bits per heavy atom. The average molecular weight is 261 g/mol. The highest BCUT2D eigenvalue weighted by molar-refractivity contribution is 5.57. The predicted molar refractivity (Wildman–Crippen MR) is 76.6 cm³/mol. The molecule has 1 aliphatic heterocycles. The third kappa shape index (κ3) is 2.00. The Hall–Kier alpha value is -1.22. The van der Waals surface area contributed by atoms with Gasteiger partial charge in [0.15, 0.2) is 0 Å². The number of para-hydroxylation sites is 2. The summed E-state index contributed by atoms with van der Waals surface area (Å²) in [4.78, 5) is 0. The van der Waals surface area contributed by atoms with Crippen LogP contribution >= 0.6 is 0 Å². The summed E-state index contributed by atoms with van der Waals surface area (Å²) < 4.78 is 11.4. The number of anilines is 1. The summed E-state index contributed by atoms with van der Waals surface area (Å²) in [5.41, 5.74) is 1.28. The fourth-order valence-electron chi connectivity index (χ4n) is 3.75. The minimum absolute atomic E-state index is 0.186. The van der Waals surface area contributed by atoms with Crippen LogP contribution in [0.2, 0.25) is 0 Å². The highest BCUT2D eigenvalue weighted by atomic mass is 16.5. The molecule has 0 spiro atoms. The molecule has 3 rings (SSSR count). The average Bonchev–Trinajstić information content (AvgIpc) is 2.45. The zero-order valence-corrected chi connectivity index (χ0v) is 12.0. The second-order valence-corrected chi connectivity index (χ2v) is 6.24. The Labute approximate surface area is 115 Å². The van der Waals surface area contributed by atoms with Gasteiger partial charge in [0, 0.05) is 24.0 Å². The molecule has 2 aliphatic rings. The lowest BCUT2D eigenvalue weighted by molar-refractivity contribution is -0.177. The van der Waals surface area contributed by atoms with Crippen molar-refractivity contribution in [2.75, 3.05) is 19.0 Å². The minimum Gasteiger partial charge on any atom is -0.495 e. The fraction of sp³-hybridized carbons (Fsp3) is 0.625. The van der Waals surface area contributed by atoms with Crippen LogP contribution in [0.5, 0.6) is 5.75 Å². The molecule has 104 valence electrons. The molecule has 3 nitrogen and oxygen atoms in total. The summed E-state index contributed by atoms with van der Waals surface area (Å²) in [5, 5.41) is 3.68. The van der Waals surface area contributed by atoms with Crippen LogP contribution < -0.4 is 10.1 Å². The van der Waals surface area contributed by atoms with Gasteiger partial charge in [0.1, 0.15) is 5.75 Å². The first-order valence-corrected chi connectivity index (χ1v) is 7.16. The Bertz CT molecular complexity index is 458. The molecular formula is C16H23NO2. The first-order chi connectivity index (χ1) is 9.14. The molecule has 0 amide bonds. The molecule has 1 N–H and O–H groups in total. The van der Waals surface area contributed by atoms with Gasteiger partial charge in [-0.15, -0.1) is 0 Å². The van der Waals surface area contributed by atoms with Crippen molar-refractivity contribution in [2.45, 2.75) is 38.8 Å². The number of nitrogens with one attached hydrogen (secondary N) is 1. The monoisotopic (exact) mass is 261 g/mol. The van der Waals surface area contributed by atoms with Crippen molar-refractivity contribution in [1.82, 2.24) is 0 Å². The summed E-state index contributed by atoms with van der Waals surface area (Å²) in [6.07, 6.45) is 2.86. The van der Waals surface area contributed by atoms with E-state index in [9.17, 15) is 0 Å². The Morgan fingerprint density at radius 2 is 2.11 bits per heavy atom. The lowest BCUT2D eigenvalue weighted by atomic mass is 9.55. The van der Waals surface area contributed by atoms with E-state index in [1.165, 1.54) is 12.8 Å². The summed E-state index contributed by atoms with van der Waals surface area (Å²) in [5.74, 6) is 1.55. The molecule has 1 aromatic rings. The van der Waals surface area contributed by atoms with Gasteiger partial charge in [0.2, 0.25) is 0 Å². The summed E-state index contributed by atoms with van der Waals surface area (Å²) >= 11 is 0. The summed E-state index contributed by atoms with van der Waals surface area (Å²) in [6.45, 7) is 5.52. The van der Waals surface area contributed by atoms with Gasteiger partial charge in [-0.3, -0.25) is 0 Å². The molecule has 0 radical (unpaired) electrons. The van der Waals surface area contributed by atoms with E-state index in [0.717, 1.165) is 18.0 Å². The molecule has 2 fully saturated rings. The van der Waals surface area contributed by atoms with Crippen LogP contribution in [-0.2, 0) is 4.74 Å². The molecular weight excluding hydrogens is 238 g/mol. The fourth-order valence-corrected chi connectivity index (χ4v) is 3.75. The molecule has 0 aromatic heterocycles. The number of methoxy groups -OCH3 is 1. The molecule has 1 saturated heterocycles. The van der Waals surface area contributed by atoms with E-state index in [-0.39, 0.29) is 5.41 Å². The van der Waals surface area contributed by atoms with Gasteiger partial charge >= 0.3 is 0 Å². The van der Waals surface area contributed by atoms with Crippen LogP contribution in [0.3, 0.4) is 0 Å². The van der Waals surface area contributed by atoms with Crippen molar-refractivity contribution in [3.05, 3.63) is 24.3 Å². The van der Waals surface area contributed by atoms with Crippen LogP contribution in [0.4, 0.5) is 5.69 Å². The standard InChI is InChI=1S/C16H23NO2/c1-16(2)14(11-7-6-10-19-15(11)16)17-12-8-4-5-9-13(12)18-3/h4-5,8-9,11,14-15,17H,6-7,10H2,1-3H3. The number of hydrogen-bond donors (Lipinski definition) is 1. The zero-order valence-electron chi connectivity index (χ0n) is 12.0. The third-order valence-electron chi connectivity index (χ3n) is 4.75. The zero-order chi connectivity index (χ0) is 13.5. The first kappa shape index (κ1) is 12.8. The molecule has 3 heteroatoms. The van der Waals surface area contributed by atoms with Gasteiger partial charge in [0.25, 0.3) is 0 Å². The molecule has 3 unspecified atom stereocenters. The molecule has 0 bridgehead atoms. The molecule has 1 aromatic carbocycles. The Balaban J connectivity index is 1.79. The lowest BCUT2D eigenvalue weighted by Gasteiger charge is -2.60. The van der Waals surface area contributed by atoms with Crippen LogP contribution in [0.1, 0.15) is 26.7 Å². The number of ether oxygens (including phenoxy) is 2. The Kier molecular flexibility index (Phi) is 3.17. The van der Waals surface area contributed by atoms with Crippen molar-refractivity contribution in [1.29, 1.82) is 0 Å². The molecule has 3 atom stereocenters. The predicted octanol–water partition coefficient (Wildman–Crippen LogP) is 3.31. The van der Waals surface area contributed by atoms with Crippen molar-refractivity contribution in [3.8, 4) is 5.75 Å². The van der Waals surface area contributed by atoms with E-state index < -0.39 is 0 Å². The minimum atomic E-state index is 0.186. The lowest BCUT2D eigenvalue weighted by Crippen LogP contribution is -2.67. The van der Waals surface area contributed by atoms with Crippen LogP contribution in [0.25, 0.3) is 0 Å². The smallest absolute Gasteiger partial charge is 0.141 e. The second-order valence-electron chi connectivity index (χ2n) is 6.24. The summed E-state index contributed by atoms with van der Waals surface area (Å²) in [6, 6.07) is 8.61. The van der Waals surface area contributed by atoms with E-state index >= 15 is 0 Å². The highest BCUT2D eigenvalue weighted by Crippen LogP contribution is 2.52. The van der Waals surface area contributed by atoms with Crippen molar-refractivity contribution >= 4 is 5.69 Å². The van der Waals surface area contributed by atoms with Crippen molar-refractivity contribution in [3.63, 3.8) is 0 Å². The normalized spacial score (nSPS) is 32.1. The first-order valence-electron chi connectivity index (χ1n) is 7.16. The number of rotatable bonds is 3. The van der Waals surface area contributed by atoms with Crippen molar-refractivity contribution in [2.24, 2.45) is 11.3 Å². The van der Waals surface area contributed by atoms with E-state index in [4.69, 9.17) is 9.47 Å². The molecule has 1 saturated carbocycles.